The largest absolute Gasteiger partial charge is 0.326 e. The van der Waals surface area contributed by atoms with Crippen LogP contribution in [0.5, 0.6) is 0 Å². The van der Waals surface area contributed by atoms with Crippen LogP contribution >= 0.6 is 0 Å². The van der Waals surface area contributed by atoms with Crippen LogP contribution in [0.25, 0.3) is 0 Å². The lowest BCUT2D eigenvalue weighted by atomic mass is 10.1. The van der Waals surface area contributed by atoms with Crippen molar-refractivity contribution in [2.45, 2.75) is 39.7 Å². The molecule has 0 aliphatic carbocycles. The molecule has 0 unspecified atom stereocenters. The highest BCUT2D eigenvalue weighted by atomic mass is 15.2. The van der Waals surface area contributed by atoms with Gasteiger partial charge in [-0.3, -0.25) is 0 Å². The van der Waals surface area contributed by atoms with Gasteiger partial charge in [-0.1, -0.05) is 25.5 Å². The summed E-state index contributed by atoms with van der Waals surface area (Å²) in [6.45, 7) is 5.26. The third kappa shape index (κ3) is 3.13. The molecular formula is C15H21N3. The summed E-state index contributed by atoms with van der Waals surface area (Å²) in [7, 11) is 0. The first kappa shape index (κ1) is 12.7. The molecule has 1 aromatic heterocycles. The Hall–Kier alpha value is -1.77. The minimum Gasteiger partial charge on any atom is -0.326 e. The third-order valence-corrected chi connectivity index (χ3v) is 3.09. The van der Waals surface area contributed by atoms with Crippen molar-refractivity contribution in [3.63, 3.8) is 0 Å². The molecule has 18 heavy (non-hydrogen) atoms. The van der Waals surface area contributed by atoms with E-state index < -0.39 is 0 Å². The predicted molar refractivity (Wildman–Crippen MR) is 76.2 cm³/mol. The van der Waals surface area contributed by atoms with Gasteiger partial charge < -0.3 is 9.88 Å². The van der Waals surface area contributed by atoms with Crippen LogP contribution in [0.2, 0.25) is 0 Å². The first-order valence-electron chi connectivity index (χ1n) is 6.70. The number of anilines is 2. The molecule has 3 nitrogen and oxygen atoms in total. The highest BCUT2D eigenvalue weighted by molar-refractivity contribution is 5.54. The van der Waals surface area contributed by atoms with Gasteiger partial charge in [0.1, 0.15) is 0 Å². The van der Waals surface area contributed by atoms with E-state index in [4.69, 9.17) is 0 Å². The van der Waals surface area contributed by atoms with Gasteiger partial charge in [0.25, 0.3) is 0 Å². The van der Waals surface area contributed by atoms with Crippen molar-refractivity contribution in [2.75, 3.05) is 5.32 Å². The zero-order valence-electron chi connectivity index (χ0n) is 11.2. The summed E-state index contributed by atoms with van der Waals surface area (Å²) in [6.07, 6.45) is 7.47. The molecule has 0 aliphatic heterocycles. The zero-order chi connectivity index (χ0) is 12.8. The van der Waals surface area contributed by atoms with Gasteiger partial charge in [0, 0.05) is 24.6 Å². The molecule has 0 radical (unpaired) electrons. The Morgan fingerprint density at radius 1 is 1.17 bits per heavy atom. The van der Waals surface area contributed by atoms with Crippen LogP contribution in [0.3, 0.4) is 0 Å². The molecule has 1 aromatic carbocycles. The summed E-state index contributed by atoms with van der Waals surface area (Å²) < 4.78 is 2.09. The van der Waals surface area contributed by atoms with E-state index in [1.54, 1.807) is 0 Å². The summed E-state index contributed by atoms with van der Waals surface area (Å²) >= 11 is 0. The number of nitrogens with one attached hydrogen (secondary N) is 1. The van der Waals surface area contributed by atoms with Gasteiger partial charge in [-0.15, -0.1) is 0 Å². The molecule has 1 N–H and O–H groups in total. The predicted octanol–water partition coefficient (Wildman–Crippen LogP) is 3.99. The van der Waals surface area contributed by atoms with Gasteiger partial charge in [0.2, 0.25) is 5.95 Å². The van der Waals surface area contributed by atoms with E-state index >= 15 is 0 Å². The van der Waals surface area contributed by atoms with E-state index in [0.29, 0.717) is 0 Å². The molecule has 0 spiro atoms. The number of imidazole rings is 1. The van der Waals surface area contributed by atoms with Gasteiger partial charge in [-0.25, -0.2) is 4.98 Å². The number of aromatic nitrogens is 2. The second-order valence-corrected chi connectivity index (χ2v) is 4.46. The lowest BCUT2D eigenvalue weighted by Crippen LogP contribution is -2.01. The van der Waals surface area contributed by atoms with Crippen LogP contribution < -0.4 is 5.32 Å². The smallest absolute Gasteiger partial charge is 0.207 e. The summed E-state index contributed by atoms with van der Waals surface area (Å²) in [5, 5.41) is 3.34. The Balaban J connectivity index is 2.02. The van der Waals surface area contributed by atoms with Crippen molar-refractivity contribution < 1.29 is 0 Å². The molecule has 0 atom stereocenters. The number of benzene rings is 1. The Kier molecular flexibility index (Phi) is 4.40. The lowest BCUT2D eigenvalue weighted by molar-refractivity contribution is 0.771. The maximum atomic E-state index is 4.31. The third-order valence-electron chi connectivity index (χ3n) is 3.09. The molecule has 3 heteroatoms. The second-order valence-electron chi connectivity index (χ2n) is 4.46. The van der Waals surface area contributed by atoms with Crippen molar-refractivity contribution in [1.82, 2.24) is 9.55 Å². The van der Waals surface area contributed by atoms with E-state index in [2.05, 4.69) is 53.0 Å². The van der Waals surface area contributed by atoms with Crippen molar-refractivity contribution in [1.29, 1.82) is 0 Å². The van der Waals surface area contributed by atoms with Gasteiger partial charge in [-0.05, 0) is 37.5 Å². The maximum absolute atomic E-state index is 4.31. The molecule has 2 rings (SSSR count). The zero-order valence-corrected chi connectivity index (χ0v) is 11.2. The van der Waals surface area contributed by atoms with Crippen molar-refractivity contribution in [2.24, 2.45) is 0 Å². The quantitative estimate of drug-likeness (QED) is 0.831. The molecule has 96 valence electrons. The van der Waals surface area contributed by atoms with Gasteiger partial charge >= 0.3 is 0 Å². The molecule has 0 bridgehead atoms. The summed E-state index contributed by atoms with van der Waals surface area (Å²) in [4.78, 5) is 4.31. The average Bonchev–Trinajstić information content (AvgIpc) is 2.85. The lowest BCUT2D eigenvalue weighted by Gasteiger charge is -2.08. The number of hydrogen-bond acceptors (Lipinski definition) is 2. The Morgan fingerprint density at radius 3 is 2.61 bits per heavy atom. The molecule has 0 aliphatic rings. The van der Waals surface area contributed by atoms with Gasteiger partial charge in [0.15, 0.2) is 0 Å². The second kappa shape index (κ2) is 6.24. The highest BCUT2D eigenvalue weighted by Gasteiger charge is 2.01. The summed E-state index contributed by atoms with van der Waals surface area (Å²) in [5.74, 6) is 0.902. The summed E-state index contributed by atoms with van der Waals surface area (Å²) in [5.41, 5.74) is 2.50. The average molecular weight is 243 g/mol. The highest BCUT2D eigenvalue weighted by Crippen LogP contribution is 2.16. The Labute approximate surface area is 109 Å². The Bertz CT molecular complexity index is 471. The Morgan fingerprint density at radius 2 is 1.94 bits per heavy atom. The van der Waals surface area contributed by atoms with Crippen LogP contribution in [-0.2, 0) is 13.0 Å². The van der Waals surface area contributed by atoms with Gasteiger partial charge in [0.05, 0.1) is 0 Å². The maximum Gasteiger partial charge on any atom is 0.207 e. The molecular weight excluding hydrogens is 222 g/mol. The number of hydrogen-bond donors (Lipinski definition) is 1. The van der Waals surface area contributed by atoms with Crippen molar-refractivity contribution in [3.8, 4) is 0 Å². The summed E-state index contributed by atoms with van der Waals surface area (Å²) in [6, 6.07) is 8.63. The van der Waals surface area contributed by atoms with Crippen LogP contribution in [-0.4, -0.2) is 9.55 Å². The number of aryl methyl sites for hydroxylation is 2. The van der Waals surface area contributed by atoms with Crippen molar-refractivity contribution >= 4 is 11.6 Å². The number of unbranched alkanes of at least 4 members (excludes halogenated alkanes) is 1. The van der Waals surface area contributed by atoms with Crippen LogP contribution in [0.4, 0.5) is 11.6 Å². The van der Waals surface area contributed by atoms with E-state index in [9.17, 15) is 0 Å². The minimum atomic E-state index is 0.902. The van der Waals surface area contributed by atoms with E-state index in [1.165, 1.54) is 24.8 Å². The number of rotatable bonds is 6. The first-order valence-corrected chi connectivity index (χ1v) is 6.70. The van der Waals surface area contributed by atoms with Crippen LogP contribution in [0, 0.1) is 0 Å². The van der Waals surface area contributed by atoms with Crippen molar-refractivity contribution in [3.05, 3.63) is 42.2 Å². The SMILES string of the molecule is CCCCc1ccc(Nc2nccn2CC)cc1. The molecule has 2 aromatic rings. The van der Waals surface area contributed by atoms with Gasteiger partial charge in [-0.2, -0.15) is 0 Å². The minimum absolute atomic E-state index is 0.902. The fraction of sp³-hybridized carbons (Fsp3) is 0.400. The topological polar surface area (TPSA) is 29.9 Å². The van der Waals surface area contributed by atoms with E-state index in [0.717, 1.165) is 18.2 Å². The molecule has 0 amide bonds. The van der Waals surface area contributed by atoms with Crippen LogP contribution in [0.1, 0.15) is 32.3 Å². The monoisotopic (exact) mass is 243 g/mol. The molecule has 0 saturated carbocycles. The first-order chi connectivity index (χ1) is 8.83. The number of nitrogens with zero attached hydrogens (tertiary/aromatic N) is 2. The fourth-order valence-corrected chi connectivity index (χ4v) is 1.95. The molecule has 1 heterocycles. The molecule has 0 fully saturated rings. The van der Waals surface area contributed by atoms with Crippen LogP contribution in [0.15, 0.2) is 36.7 Å². The molecule has 0 saturated heterocycles. The standard InChI is InChI=1S/C15H21N3/c1-3-5-6-13-7-9-14(10-8-13)17-15-16-11-12-18(15)4-2/h7-12H,3-6H2,1-2H3,(H,16,17). The van der Waals surface area contributed by atoms with E-state index in [1.807, 2.05) is 12.4 Å². The fourth-order valence-electron chi connectivity index (χ4n) is 1.95. The normalized spacial score (nSPS) is 10.6. The van der Waals surface area contributed by atoms with E-state index in [-0.39, 0.29) is 0 Å².